The third-order valence-electron chi connectivity index (χ3n) is 2.91. The molecule has 0 aromatic carbocycles. The number of carbonyl (C=O) groups is 1. The van der Waals surface area contributed by atoms with Crippen molar-refractivity contribution in [2.24, 2.45) is 11.7 Å². The summed E-state index contributed by atoms with van der Waals surface area (Å²) in [4.78, 5) is 11.5. The zero-order valence-electron chi connectivity index (χ0n) is 9.22. The van der Waals surface area contributed by atoms with Crippen molar-refractivity contribution >= 4 is 5.91 Å². The summed E-state index contributed by atoms with van der Waals surface area (Å²) >= 11 is 0. The lowest BCUT2D eigenvalue weighted by atomic mass is 9.85. The topological polar surface area (TPSA) is 85.8 Å². The molecule has 0 unspecified atom stereocenters. The number of rotatable bonds is 5. The Hall–Kier alpha value is -1.43. The number of carbonyl (C=O) groups excluding carboxylic acids is 1. The zero-order chi connectivity index (χ0) is 11.4. The van der Waals surface area contributed by atoms with E-state index in [0.717, 1.165) is 6.54 Å². The number of nitrogens with zero attached hydrogens (tertiary/aromatic N) is 3. The monoisotopic (exact) mass is 223 g/mol. The highest BCUT2D eigenvalue weighted by Crippen LogP contribution is 2.24. The molecular weight excluding hydrogens is 206 g/mol. The van der Waals surface area contributed by atoms with Gasteiger partial charge in [0.15, 0.2) is 0 Å². The van der Waals surface area contributed by atoms with E-state index in [-0.39, 0.29) is 12.5 Å². The van der Waals surface area contributed by atoms with Gasteiger partial charge in [-0.25, -0.2) is 4.68 Å². The summed E-state index contributed by atoms with van der Waals surface area (Å²) in [5.41, 5.74) is 6.10. The van der Waals surface area contributed by atoms with E-state index in [1.807, 2.05) is 0 Å². The Morgan fingerprint density at radius 1 is 1.62 bits per heavy atom. The molecule has 3 N–H and O–H groups in total. The van der Waals surface area contributed by atoms with Gasteiger partial charge in [-0.2, -0.15) is 0 Å². The molecule has 0 aliphatic heterocycles. The van der Waals surface area contributed by atoms with Crippen LogP contribution in [0.4, 0.5) is 0 Å². The molecule has 0 saturated heterocycles. The lowest BCUT2D eigenvalue weighted by Gasteiger charge is -2.25. The van der Waals surface area contributed by atoms with Crippen LogP contribution in [0, 0.1) is 5.92 Å². The number of nitrogens with one attached hydrogen (secondary N) is 1. The Bertz CT molecular complexity index is 358. The first-order valence-corrected chi connectivity index (χ1v) is 5.63. The second-order valence-corrected chi connectivity index (χ2v) is 4.21. The van der Waals surface area contributed by atoms with Gasteiger partial charge in [0.2, 0.25) is 5.91 Å². The highest BCUT2D eigenvalue weighted by molar-refractivity contribution is 5.75. The van der Waals surface area contributed by atoms with Crippen molar-refractivity contribution in [2.45, 2.75) is 32.4 Å². The minimum Gasteiger partial charge on any atom is -0.354 e. The standard InChI is InChI=1S/C10H17N5O/c11-4-9-6-15(14-13-9)7-10(16)12-5-8-2-1-3-8/h6,8H,1-5,7,11H2,(H,12,16). The average molecular weight is 223 g/mol. The van der Waals surface area contributed by atoms with E-state index in [4.69, 9.17) is 5.73 Å². The Kier molecular flexibility index (Phi) is 3.51. The summed E-state index contributed by atoms with van der Waals surface area (Å²) in [6.07, 6.45) is 5.47. The first-order chi connectivity index (χ1) is 7.78. The van der Waals surface area contributed by atoms with Crippen molar-refractivity contribution in [3.63, 3.8) is 0 Å². The molecule has 16 heavy (non-hydrogen) atoms. The van der Waals surface area contributed by atoms with Crippen LogP contribution < -0.4 is 11.1 Å². The second kappa shape index (κ2) is 5.07. The maximum absolute atomic E-state index is 11.5. The summed E-state index contributed by atoms with van der Waals surface area (Å²) < 4.78 is 1.51. The number of hydrogen-bond acceptors (Lipinski definition) is 4. The fraction of sp³-hybridized carbons (Fsp3) is 0.700. The molecule has 6 heteroatoms. The van der Waals surface area contributed by atoms with E-state index < -0.39 is 0 Å². The normalized spacial score (nSPS) is 15.8. The molecule has 1 aliphatic carbocycles. The van der Waals surface area contributed by atoms with E-state index in [0.29, 0.717) is 18.2 Å². The van der Waals surface area contributed by atoms with E-state index in [1.165, 1.54) is 23.9 Å². The molecule has 1 saturated carbocycles. The minimum absolute atomic E-state index is 0.0135. The summed E-state index contributed by atoms with van der Waals surface area (Å²) in [6, 6.07) is 0. The van der Waals surface area contributed by atoms with Crippen LogP contribution >= 0.6 is 0 Å². The molecule has 6 nitrogen and oxygen atoms in total. The molecule has 1 heterocycles. The maximum Gasteiger partial charge on any atom is 0.241 e. The number of aromatic nitrogens is 3. The van der Waals surface area contributed by atoms with Crippen LogP contribution in [0.2, 0.25) is 0 Å². The quantitative estimate of drug-likeness (QED) is 0.714. The smallest absolute Gasteiger partial charge is 0.241 e. The van der Waals surface area contributed by atoms with Crippen LogP contribution in [-0.4, -0.2) is 27.4 Å². The SMILES string of the molecule is NCc1cn(CC(=O)NCC2CCC2)nn1. The molecule has 1 amide bonds. The van der Waals surface area contributed by atoms with Gasteiger partial charge in [0, 0.05) is 13.1 Å². The Morgan fingerprint density at radius 2 is 2.44 bits per heavy atom. The van der Waals surface area contributed by atoms with Gasteiger partial charge >= 0.3 is 0 Å². The molecule has 2 rings (SSSR count). The lowest BCUT2D eigenvalue weighted by molar-refractivity contribution is -0.122. The van der Waals surface area contributed by atoms with Crippen LogP contribution in [-0.2, 0) is 17.9 Å². The van der Waals surface area contributed by atoms with Gasteiger partial charge < -0.3 is 11.1 Å². The van der Waals surface area contributed by atoms with Gasteiger partial charge in [0.05, 0.1) is 11.9 Å². The fourth-order valence-electron chi connectivity index (χ4n) is 1.67. The van der Waals surface area contributed by atoms with Gasteiger partial charge in [0.25, 0.3) is 0 Å². The van der Waals surface area contributed by atoms with E-state index in [1.54, 1.807) is 6.20 Å². The van der Waals surface area contributed by atoms with Gasteiger partial charge in [-0.05, 0) is 18.8 Å². The molecule has 1 aromatic heterocycles. The Labute approximate surface area is 94.2 Å². The molecule has 0 bridgehead atoms. The van der Waals surface area contributed by atoms with Gasteiger partial charge in [-0.3, -0.25) is 4.79 Å². The fourth-order valence-corrected chi connectivity index (χ4v) is 1.67. The Balaban J connectivity index is 1.73. The summed E-state index contributed by atoms with van der Waals surface area (Å²) in [5.74, 6) is 0.666. The molecule has 0 radical (unpaired) electrons. The molecule has 1 aliphatic rings. The number of hydrogen-bond donors (Lipinski definition) is 2. The van der Waals surface area contributed by atoms with Crippen molar-refractivity contribution in [1.82, 2.24) is 20.3 Å². The average Bonchev–Trinajstić information content (AvgIpc) is 2.63. The second-order valence-electron chi connectivity index (χ2n) is 4.21. The van der Waals surface area contributed by atoms with E-state index in [2.05, 4.69) is 15.6 Å². The largest absolute Gasteiger partial charge is 0.354 e. The molecule has 88 valence electrons. The highest BCUT2D eigenvalue weighted by Gasteiger charge is 2.17. The first-order valence-electron chi connectivity index (χ1n) is 5.63. The number of amides is 1. The molecular formula is C10H17N5O. The van der Waals surface area contributed by atoms with Crippen LogP contribution in [0.1, 0.15) is 25.0 Å². The third-order valence-corrected chi connectivity index (χ3v) is 2.91. The van der Waals surface area contributed by atoms with Crippen molar-refractivity contribution in [1.29, 1.82) is 0 Å². The van der Waals surface area contributed by atoms with Crippen LogP contribution in [0.5, 0.6) is 0 Å². The van der Waals surface area contributed by atoms with E-state index >= 15 is 0 Å². The predicted molar refractivity (Wildman–Crippen MR) is 58.3 cm³/mol. The van der Waals surface area contributed by atoms with Crippen molar-refractivity contribution in [2.75, 3.05) is 6.54 Å². The Morgan fingerprint density at radius 3 is 3.00 bits per heavy atom. The van der Waals surface area contributed by atoms with Crippen molar-refractivity contribution < 1.29 is 4.79 Å². The third kappa shape index (κ3) is 2.79. The van der Waals surface area contributed by atoms with Gasteiger partial charge in [-0.1, -0.05) is 11.6 Å². The van der Waals surface area contributed by atoms with E-state index in [9.17, 15) is 4.79 Å². The van der Waals surface area contributed by atoms with Crippen molar-refractivity contribution in [3.05, 3.63) is 11.9 Å². The molecule has 0 atom stereocenters. The van der Waals surface area contributed by atoms with Crippen molar-refractivity contribution in [3.8, 4) is 0 Å². The molecule has 1 aromatic rings. The maximum atomic E-state index is 11.5. The summed E-state index contributed by atoms with van der Waals surface area (Å²) in [6.45, 7) is 1.36. The van der Waals surface area contributed by atoms with Crippen LogP contribution in [0.3, 0.4) is 0 Å². The van der Waals surface area contributed by atoms with Crippen LogP contribution in [0.25, 0.3) is 0 Å². The molecule has 0 spiro atoms. The number of nitrogens with two attached hydrogens (primary N) is 1. The molecule has 1 fully saturated rings. The highest BCUT2D eigenvalue weighted by atomic mass is 16.2. The first kappa shape index (κ1) is 11.1. The summed E-state index contributed by atoms with van der Waals surface area (Å²) in [5, 5.41) is 10.5. The predicted octanol–water partition coefficient (Wildman–Crippen LogP) is -0.347. The minimum atomic E-state index is -0.0135. The summed E-state index contributed by atoms with van der Waals surface area (Å²) in [7, 11) is 0. The van der Waals surface area contributed by atoms with Gasteiger partial charge in [0.1, 0.15) is 6.54 Å². The van der Waals surface area contributed by atoms with Gasteiger partial charge in [-0.15, -0.1) is 5.10 Å². The van der Waals surface area contributed by atoms with Crippen LogP contribution in [0.15, 0.2) is 6.20 Å². The zero-order valence-corrected chi connectivity index (χ0v) is 9.22. The lowest BCUT2D eigenvalue weighted by Crippen LogP contribution is -2.34.